The number of urea groups is 1. The Labute approximate surface area is 107 Å². The minimum Gasteiger partial charge on any atom is -0.480 e. The highest BCUT2D eigenvalue weighted by atomic mass is 19.1. The molecule has 8 heteroatoms. The number of amides is 3. The maximum atomic E-state index is 12.7. The molecule has 0 atom stereocenters. The van der Waals surface area contributed by atoms with Crippen LogP contribution in [0.4, 0.5) is 14.9 Å². The summed E-state index contributed by atoms with van der Waals surface area (Å²) in [6.45, 7) is -1.20. The minimum atomic E-state index is -1.28. The number of carbonyl (C=O) groups excluding carboxylic acids is 2. The molecule has 0 aliphatic carbocycles. The molecule has 0 aliphatic rings. The molecule has 7 nitrogen and oxygen atoms in total. The van der Waals surface area contributed by atoms with Crippen LogP contribution in [-0.2, 0) is 9.59 Å². The molecule has 0 radical (unpaired) electrons. The van der Waals surface area contributed by atoms with Crippen molar-refractivity contribution in [3.8, 4) is 0 Å². The second-order valence-corrected chi connectivity index (χ2v) is 3.65. The van der Waals surface area contributed by atoms with Gasteiger partial charge < -0.3 is 21.1 Å². The molecule has 0 aromatic heterocycles. The highest BCUT2D eigenvalue weighted by molar-refractivity contribution is 5.93. The molecule has 4 N–H and O–H groups in total. The Morgan fingerprint density at radius 3 is 2.26 bits per heavy atom. The number of halogens is 1. The molecule has 1 aromatic rings. The topological polar surface area (TPSA) is 113 Å². The predicted molar refractivity (Wildman–Crippen MR) is 63.8 cm³/mol. The molecule has 19 heavy (non-hydrogen) atoms. The van der Waals surface area contributed by atoms with Crippen molar-refractivity contribution >= 4 is 23.6 Å². The molecule has 0 unspecified atom stereocenters. The average molecular weight is 269 g/mol. The Bertz CT molecular complexity index is 473. The first kappa shape index (κ1) is 14.4. The lowest BCUT2D eigenvalue weighted by atomic mass is 10.3. The lowest BCUT2D eigenvalue weighted by Gasteiger charge is -2.19. The van der Waals surface area contributed by atoms with Crippen LogP contribution >= 0.6 is 0 Å². The van der Waals surface area contributed by atoms with Crippen molar-refractivity contribution in [3.63, 3.8) is 0 Å². The lowest BCUT2D eigenvalue weighted by molar-refractivity contribution is -0.137. The normalized spacial score (nSPS) is 9.74. The van der Waals surface area contributed by atoms with Gasteiger partial charge in [0.15, 0.2) is 0 Å². The number of carbonyl (C=O) groups is 3. The van der Waals surface area contributed by atoms with E-state index in [0.717, 1.165) is 17.0 Å². The second kappa shape index (κ2) is 6.34. The average Bonchev–Trinajstić information content (AvgIpc) is 2.30. The second-order valence-electron chi connectivity index (χ2n) is 3.65. The maximum Gasteiger partial charge on any atom is 0.323 e. The third kappa shape index (κ3) is 5.02. The number of nitrogens with one attached hydrogen (secondary N) is 1. The molecule has 102 valence electrons. The van der Waals surface area contributed by atoms with E-state index in [0.29, 0.717) is 0 Å². The third-order valence-corrected chi connectivity index (χ3v) is 2.06. The largest absolute Gasteiger partial charge is 0.480 e. The number of anilines is 1. The molecule has 0 bridgehead atoms. The van der Waals surface area contributed by atoms with E-state index < -0.39 is 36.8 Å². The van der Waals surface area contributed by atoms with Gasteiger partial charge in [-0.2, -0.15) is 0 Å². The van der Waals surface area contributed by atoms with E-state index in [1.807, 2.05) is 0 Å². The fraction of sp³-hybridized carbons (Fsp3) is 0.182. The van der Waals surface area contributed by atoms with Crippen LogP contribution in [0, 0.1) is 5.82 Å². The molecule has 0 saturated carbocycles. The highest BCUT2D eigenvalue weighted by Crippen LogP contribution is 2.09. The summed E-state index contributed by atoms with van der Waals surface area (Å²) in [5.41, 5.74) is 5.19. The van der Waals surface area contributed by atoms with Gasteiger partial charge in [0.1, 0.15) is 18.9 Å². The molecule has 3 amide bonds. The molecular weight excluding hydrogens is 257 g/mol. The van der Waals surface area contributed by atoms with Crippen molar-refractivity contribution in [3.05, 3.63) is 30.1 Å². The Balaban J connectivity index is 2.73. The summed E-state index contributed by atoms with van der Waals surface area (Å²) in [6, 6.07) is 4.05. The predicted octanol–water partition coefficient (Wildman–Crippen LogP) is 0.229. The summed E-state index contributed by atoms with van der Waals surface area (Å²) >= 11 is 0. The van der Waals surface area contributed by atoms with Gasteiger partial charge >= 0.3 is 12.0 Å². The van der Waals surface area contributed by atoms with E-state index in [2.05, 4.69) is 5.32 Å². The summed E-state index contributed by atoms with van der Waals surface area (Å²) in [5.74, 6) is -2.59. The fourth-order valence-electron chi connectivity index (χ4n) is 1.29. The summed E-state index contributed by atoms with van der Waals surface area (Å²) < 4.78 is 12.7. The van der Waals surface area contributed by atoms with E-state index >= 15 is 0 Å². The van der Waals surface area contributed by atoms with Gasteiger partial charge in [0, 0.05) is 5.69 Å². The Kier molecular flexibility index (Phi) is 4.81. The number of hydrogen-bond donors (Lipinski definition) is 3. The van der Waals surface area contributed by atoms with Gasteiger partial charge in [-0.1, -0.05) is 0 Å². The zero-order chi connectivity index (χ0) is 14.4. The summed E-state index contributed by atoms with van der Waals surface area (Å²) in [6.07, 6.45) is 0. The maximum absolute atomic E-state index is 12.7. The minimum absolute atomic E-state index is 0.270. The molecule has 0 fully saturated rings. The number of nitrogens with two attached hydrogens (primary N) is 1. The molecule has 0 aliphatic heterocycles. The molecular formula is C11H12FN3O4. The summed E-state index contributed by atoms with van der Waals surface area (Å²) in [4.78, 5) is 33.8. The van der Waals surface area contributed by atoms with Crippen molar-refractivity contribution in [2.45, 2.75) is 0 Å². The zero-order valence-corrected chi connectivity index (χ0v) is 9.80. The van der Waals surface area contributed by atoms with Crippen LogP contribution in [0.1, 0.15) is 0 Å². The molecule has 1 aromatic carbocycles. The van der Waals surface area contributed by atoms with E-state index in [4.69, 9.17) is 10.8 Å². The van der Waals surface area contributed by atoms with Crippen LogP contribution in [0.15, 0.2) is 24.3 Å². The lowest BCUT2D eigenvalue weighted by Crippen LogP contribution is -2.43. The van der Waals surface area contributed by atoms with Gasteiger partial charge in [0.2, 0.25) is 5.91 Å². The quantitative estimate of drug-likeness (QED) is 0.710. The first-order valence-electron chi connectivity index (χ1n) is 5.20. The number of nitrogens with zero attached hydrogens (tertiary/aromatic N) is 1. The van der Waals surface area contributed by atoms with E-state index in [1.54, 1.807) is 0 Å². The standard InChI is InChI=1S/C11H12FN3O4/c12-7-1-3-8(4-2-7)14-11(19)15(5-9(13)16)6-10(17)18/h1-4H,5-6H2,(H2,13,16)(H,14,19)(H,17,18). The van der Waals surface area contributed by atoms with E-state index in [9.17, 15) is 18.8 Å². The van der Waals surface area contributed by atoms with Crippen LogP contribution < -0.4 is 11.1 Å². The SMILES string of the molecule is NC(=O)CN(CC(=O)O)C(=O)Nc1ccc(F)cc1. The molecule has 0 spiro atoms. The smallest absolute Gasteiger partial charge is 0.323 e. The van der Waals surface area contributed by atoms with Gasteiger partial charge in [-0.15, -0.1) is 0 Å². The van der Waals surface area contributed by atoms with Crippen LogP contribution in [0.2, 0.25) is 0 Å². The Morgan fingerprint density at radius 1 is 1.21 bits per heavy atom. The van der Waals surface area contributed by atoms with E-state index in [-0.39, 0.29) is 5.69 Å². The van der Waals surface area contributed by atoms with E-state index in [1.165, 1.54) is 12.1 Å². The Hall–Kier alpha value is -2.64. The number of aliphatic carboxylic acids is 1. The molecule has 1 rings (SSSR count). The monoisotopic (exact) mass is 269 g/mol. The van der Waals surface area contributed by atoms with Crippen molar-refractivity contribution in [2.75, 3.05) is 18.4 Å². The van der Waals surface area contributed by atoms with Crippen molar-refractivity contribution in [2.24, 2.45) is 5.73 Å². The van der Waals surface area contributed by atoms with Crippen molar-refractivity contribution in [1.29, 1.82) is 0 Å². The number of hydrogen-bond acceptors (Lipinski definition) is 3. The van der Waals surface area contributed by atoms with Gasteiger partial charge in [-0.25, -0.2) is 9.18 Å². The number of benzene rings is 1. The number of primary amides is 1. The highest BCUT2D eigenvalue weighted by Gasteiger charge is 2.18. The van der Waals surface area contributed by atoms with Crippen LogP contribution in [-0.4, -0.2) is 41.0 Å². The number of carboxylic acids is 1. The van der Waals surface area contributed by atoms with Crippen LogP contribution in [0.3, 0.4) is 0 Å². The molecule has 0 heterocycles. The zero-order valence-electron chi connectivity index (χ0n) is 9.80. The van der Waals surface area contributed by atoms with Gasteiger partial charge in [-0.3, -0.25) is 9.59 Å². The Morgan fingerprint density at radius 2 is 1.79 bits per heavy atom. The number of carboxylic acid groups (broad SMARTS) is 1. The van der Waals surface area contributed by atoms with Crippen molar-refractivity contribution < 1.29 is 23.9 Å². The van der Waals surface area contributed by atoms with Gasteiger partial charge in [0.05, 0.1) is 0 Å². The fourth-order valence-corrected chi connectivity index (χ4v) is 1.29. The first-order chi connectivity index (χ1) is 8.88. The molecule has 0 saturated heterocycles. The summed E-state index contributed by atoms with van der Waals surface area (Å²) in [7, 11) is 0. The number of rotatable bonds is 5. The third-order valence-electron chi connectivity index (χ3n) is 2.06. The van der Waals surface area contributed by atoms with Gasteiger partial charge in [-0.05, 0) is 24.3 Å². The van der Waals surface area contributed by atoms with Crippen molar-refractivity contribution in [1.82, 2.24) is 4.90 Å². The first-order valence-corrected chi connectivity index (χ1v) is 5.20. The van der Waals surface area contributed by atoms with Crippen LogP contribution in [0.5, 0.6) is 0 Å². The van der Waals surface area contributed by atoms with Gasteiger partial charge in [0.25, 0.3) is 0 Å². The van der Waals surface area contributed by atoms with Crippen LogP contribution in [0.25, 0.3) is 0 Å². The summed E-state index contributed by atoms with van der Waals surface area (Å²) in [5, 5.41) is 11.0.